The summed E-state index contributed by atoms with van der Waals surface area (Å²) in [5.74, 6) is -0.580. The van der Waals surface area contributed by atoms with E-state index >= 15 is 0 Å². The molecule has 0 amide bonds. The van der Waals surface area contributed by atoms with Gasteiger partial charge in [0.2, 0.25) is 0 Å². The first-order chi connectivity index (χ1) is 12.5. The molecule has 0 radical (unpaired) electrons. The number of carbonyl (C=O) groups excluding carboxylic acids is 1. The molecule has 0 spiro atoms. The second-order valence-corrected chi connectivity index (χ2v) is 7.22. The van der Waals surface area contributed by atoms with Gasteiger partial charge in [0.1, 0.15) is 18.3 Å². The fraction of sp³-hybridized carbons (Fsp3) is 0.950. The molecule has 0 rings (SSSR count). The van der Waals surface area contributed by atoms with Crippen LogP contribution in [0.1, 0.15) is 84.0 Å². The zero-order chi connectivity index (χ0) is 19.6. The van der Waals surface area contributed by atoms with Crippen LogP contribution in [-0.4, -0.2) is 64.2 Å². The number of Topliss-reactive ketones (excluding diaryl/α,β-unsaturated/α-hetero) is 1. The van der Waals surface area contributed by atoms with Gasteiger partial charge in [-0.25, -0.2) is 0 Å². The molecule has 156 valence electrons. The molecule has 0 aromatic heterocycles. The highest BCUT2D eigenvalue weighted by Crippen LogP contribution is 2.11. The first kappa shape index (κ1) is 25.5. The molecule has 0 heterocycles. The second kappa shape index (κ2) is 17.9. The van der Waals surface area contributed by atoms with Crippen molar-refractivity contribution in [2.45, 2.75) is 102 Å². The van der Waals surface area contributed by atoms with Crippen molar-refractivity contribution in [1.29, 1.82) is 0 Å². The van der Waals surface area contributed by atoms with E-state index < -0.39 is 30.7 Å². The number of nitrogens with one attached hydrogen (secondary N) is 1. The quantitative estimate of drug-likeness (QED) is 0.221. The highest BCUT2D eigenvalue weighted by molar-refractivity contribution is 5.85. The first-order valence-electron chi connectivity index (χ1n) is 10.4. The lowest BCUT2D eigenvalue weighted by molar-refractivity contribution is -0.139. The summed E-state index contributed by atoms with van der Waals surface area (Å²) in [6.45, 7) is 2.19. The van der Waals surface area contributed by atoms with E-state index in [1.54, 1.807) is 0 Å². The zero-order valence-electron chi connectivity index (χ0n) is 16.5. The van der Waals surface area contributed by atoms with Gasteiger partial charge in [0.15, 0.2) is 5.78 Å². The van der Waals surface area contributed by atoms with Crippen molar-refractivity contribution in [3.8, 4) is 0 Å². The summed E-state index contributed by atoms with van der Waals surface area (Å²) in [5.41, 5.74) is 0. The molecule has 0 unspecified atom stereocenters. The van der Waals surface area contributed by atoms with E-state index in [1.807, 2.05) is 0 Å². The Balaban J connectivity index is 3.39. The maximum absolute atomic E-state index is 11.7. The van der Waals surface area contributed by atoms with Gasteiger partial charge in [-0.2, -0.15) is 0 Å². The topological polar surface area (TPSA) is 110 Å². The number of carbonyl (C=O) groups is 1. The second-order valence-electron chi connectivity index (χ2n) is 7.22. The van der Waals surface area contributed by atoms with Crippen molar-refractivity contribution in [3.05, 3.63) is 0 Å². The largest absolute Gasteiger partial charge is 0.394 e. The Kier molecular flexibility index (Phi) is 17.5. The normalized spacial score (nSPS) is 15.0. The average Bonchev–Trinajstić information content (AvgIpc) is 2.66. The molecule has 0 aliphatic rings. The smallest absolute Gasteiger partial charge is 0.177 e. The molecule has 3 atom stereocenters. The van der Waals surface area contributed by atoms with E-state index in [-0.39, 0.29) is 6.54 Å². The van der Waals surface area contributed by atoms with Gasteiger partial charge in [-0.3, -0.25) is 4.79 Å². The molecule has 0 aromatic carbocycles. The third-order valence-electron chi connectivity index (χ3n) is 4.74. The number of hydrogen-bond donors (Lipinski definition) is 5. The van der Waals surface area contributed by atoms with Gasteiger partial charge >= 0.3 is 0 Å². The molecule has 5 N–H and O–H groups in total. The van der Waals surface area contributed by atoms with E-state index in [0.29, 0.717) is 6.54 Å². The molecule has 0 saturated carbocycles. The Bertz CT molecular complexity index is 327. The minimum absolute atomic E-state index is 0.0472. The van der Waals surface area contributed by atoms with Crippen molar-refractivity contribution in [2.75, 3.05) is 19.7 Å². The lowest BCUT2D eigenvalue weighted by atomic mass is 10.0. The Labute approximate surface area is 159 Å². The molecule has 6 heteroatoms. The molecule has 0 bridgehead atoms. The minimum atomic E-state index is -1.67. The molecule has 0 saturated heterocycles. The number of rotatable bonds is 19. The van der Waals surface area contributed by atoms with Gasteiger partial charge in [-0.05, 0) is 13.0 Å². The van der Waals surface area contributed by atoms with Gasteiger partial charge in [-0.15, -0.1) is 0 Å². The van der Waals surface area contributed by atoms with Crippen LogP contribution in [0, 0.1) is 0 Å². The summed E-state index contributed by atoms with van der Waals surface area (Å²) in [7, 11) is 0. The molecular weight excluding hydrogens is 334 g/mol. The predicted octanol–water partition coefficient (Wildman–Crippen LogP) is 1.92. The van der Waals surface area contributed by atoms with Crippen LogP contribution in [-0.2, 0) is 4.79 Å². The summed E-state index contributed by atoms with van der Waals surface area (Å²) in [6, 6.07) is 0. The van der Waals surface area contributed by atoms with Crippen molar-refractivity contribution in [2.24, 2.45) is 0 Å². The molecular formula is C20H41NO5. The van der Waals surface area contributed by atoms with Crippen LogP contribution in [0.2, 0.25) is 0 Å². The number of hydrogen-bond acceptors (Lipinski definition) is 6. The van der Waals surface area contributed by atoms with Crippen molar-refractivity contribution in [3.63, 3.8) is 0 Å². The zero-order valence-corrected chi connectivity index (χ0v) is 16.5. The monoisotopic (exact) mass is 375 g/mol. The van der Waals surface area contributed by atoms with Crippen molar-refractivity contribution < 1.29 is 25.2 Å². The van der Waals surface area contributed by atoms with E-state index in [0.717, 1.165) is 12.8 Å². The van der Waals surface area contributed by atoms with Gasteiger partial charge in [-0.1, -0.05) is 77.6 Å². The summed E-state index contributed by atoms with van der Waals surface area (Å²) >= 11 is 0. The average molecular weight is 376 g/mol. The highest BCUT2D eigenvalue weighted by atomic mass is 16.4. The maximum atomic E-state index is 11.7. The standard InChI is InChI=1S/C20H41NO5/c1-2-3-4-5-6-7-8-9-10-11-12-13-14-21-15-17(23)19(25)20(26)18(24)16-22/h18-22,24-26H,2-16H2,1H3/t18-,19-,20-/m1/s1. The lowest BCUT2D eigenvalue weighted by Gasteiger charge is -2.20. The fourth-order valence-corrected chi connectivity index (χ4v) is 2.92. The van der Waals surface area contributed by atoms with E-state index in [4.69, 9.17) is 5.11 Å². The van der Waals surface area contributed by atoms with Gasteiger partial charge < -0.3 is 25.7 Å². The predicted molar refractivity (Wildman–Crippen MR) is 104 cm³/mol. The highest BCUT2D eigenvalue weighted by Gasteiger charge is 2.29. The summed E-state index contributed by atoms with van der Waals surface area (Å²) in [4.78, 5) is 11.7. The number of aliphatic hydroxyl groups is 4. The van der Waals surface area contributed by atoms with Crippen LogP contribution < -0.4 is 5.32 Å². The van der Waals surface area contributed by atoms with Gasteiger partial charge in [0.25, 0.3) is 0 Å². The first-order valence-corrected chi connectivity index (χ1v) is 10.4. The van der Waals surface area contributed by atoms with Crippen LogP contribution in [0.4, 0.5) is 0 Å². The van der Waals surface area contributed by atoms with E-state index in [1.165, 1.54) is 64.2 Å². The summed E-state index contributed by atoms with van der Waals surface area (Å²) < 4.78 is 0. The SMILES string of the molecule is CCCCCCCCCCCCCCNCC(=O)[C@@H](O)[C@H](O)[C@H](O)CO. The Morgan fingerprint density at radius 3 is 1.73 bits per heavy atom. The number of ketones is 1. The number of aliphatic hydroxyl groups excluding tert-OH is 4. The summed E-state index contributed by atoms with van der Waals surface area (Å²) in [6.07, 6.45) is 10.5. The summed E-state index contributed by atoms with van der Waals surface area (Å²) in [5, 5.41) is 39.9. The molecule has 0 aliphatic heterocycles. The van der Waals surface area contributed by atoms with Crippen LogP contribution in [0.5, 0.6) is 0 Å². The van der Waals surface area contributed by atoms with E-state index in [9.17, 15) is 20.1 Å². The number of unbranched alkanes of at least 4 members (excludes halogenated alkanes) is 11. The van der Waals surface area contributed by atoms with Gasteiger partial charge in [0, 0.05) is 0 Å². The van der Waals surface area contributed by atoms with Crippen molar-refractivity contribution >= 4 is 5.78 Å². The van der Waals surface area contributed by atoms with Crippen LogP contribution in [0.15, 0.2) is 0 Å². The fourth-order valence-electron chi connectivity index (χ4n) is 2.92. The van der Waals surface area contributed by atoms with Crippen LogP contribution >= 0.6 is 0 Å². The third-order valence-corrected chi connectivity index (χ3v) is 4.74. The lowest BCUT2D eigenvalue weighted by Crippen LogP contribution is -2.46. The molecule has 6 nitrogen and oxygen atoms in total. The van der Waals surface area contributed by atoms with Crippen LogP contribution in [0.25, 0.3) is 0 Å². The Hall–Kier alpha value is -0.530. The molecule has 0 aromatic rings. The minimum Gasteiger partial charge on any atom is -0.394 e. The Morgan fingerprint density at radius 2 is 1.27 bits per heavy atom. The van der Waals surface area contributed by atoms with E-state index in [2.05, 4.69) is 12.2 Å². The maximum Gasteiger partial charge on any atom is 0.177 e. The third kappa shape index (κ3) is 13.6. The van der Waals surface area contributed by atoms with Crippen LogP contribution in [0.3, 0.4) is 0 Å². The van der Waals surface area contributed by atoms with Crippen molar-refractivity contribution in [1.82, 2.24) is 5.32 Å². The molecule has 0 aliphatic carbocycles. The molecule has 26 heavy (non-hydrogen) atoms. The Morgan fingerprint density at radius 1 is 0.808 bits per heavy atom. The van der Waals surface area contributed by atoms with Gasteiger partial charge in [0.05, 0.1) is 13.2 Å². The molecule has 0 fully saturated rings.